The average Bonchev–Trinajstić information content (AvgIpc) is 1.88. The van der Waals surface area contributed by atoms with Gasteiger partial charge in [-0.1, -0.05) is 0 Å². The van der Waals surface area contributed by atoms with E-state index in [1.807, 2.05) is 0 Å². The van der Waals surface area contributed by atoms with Gasteiger partial charge in [0.2, 0.25) is 0 Å². The maximum absolute atomic E-state index is 2.42. The van der Waals surface area contributed by atoms with Crippen molar-refractivity contribution in [1.29, 1.82) is 0 Å². The second-order valence-electron chi connectivity index (χ2n) is 2.73. The molecular formula is C9H13Bi. The summed E-state index contributed by atoms with van der Waals surface area (Å²) in [5.41, 5.74) is 1.37. The van der Waals surface area contributed by atoms with Gasteiger partial charge >= 0.3 is 71.0 Å². The molecule has 0 N–H and O–H groups in total. The van der Waals surface area contributed by atoms with E-state index in [-0.39, 0.29) is 0 Å². The number of benzene rings is 1. The van der Waals surface area contributed by atoms with Gasteiger partial charge in [-0.05, 0) is 0 Å². The van der Waals surface area contributed by atoms with Crippen LogP contribution < -0.4 is 3.27 Å². The zero-order valence-electron chi connectivity index (χ0n) is 6.76. The number of aryl methyl sites for hydroxylation is 1. The van der Waals surface area contributed by atoms with E-state index in [1.54, 1.807) is 3.27 Å². The number of rotatable bonds is 1. The van der Waals surface area contributed by atoms with Crippen molar-refractivity contribution in [3.63, 3.8) is 0 Å². The molecule has 54 valence electrons. The molecule has 10 heavy (non-hydrogen) atoms. The third kappa shape index (κ3) is 2.06. The Hall–Kier alpha value is 0.103. The first-order chi connectivity index (χ1) is 4.70. The summed E-state index contributed by atoms with van der Waals surface area (Å²) < 4.78 is 6.46. The molecule has 0 aliphatic rings. The SMILES string of the molecule is Cc1cc[c]([Bi]([CH3])[CH3])cc1. The van der Waals surface area contributed by atoms with Gasteiger partial charge in [0, 0.05) is 0 Å². The van der Waals surface area contributed by atoms with Gasteiger partial charge in [-0.15, -0.1) is 0 Å². The summed E-state index contributed by atoms with van der Waals surface area (Å²) in [6.45, 7) is 2.14. The van der Waals surface area contributed by atoms with Crippen LogP contribution in [0.2, 0.25) is 9.26 Å². The molecular weight excluding hydrogens is 317 g/mol. The maximum atomic E-state index is 2.42. The van der Waals surface area contributed by atoms with Crippen molar-refractivity contribution in [3.05, 3.63) is 29.8 Å². The van der Waals surface area contributed by atoms with Crippen LogP contribution in [-0.4, -0.2) is 21.8 Å². The van der Waals surface area contributed by atoms with Crippen molar-refractivity contribution < 1.29 is 0 Å². The van der Waals surface area contributed by atoms with Gasteiger partial charge in [0.25, 0.3) is 0 Å². The van der Waals surface area contributed by atoms with Crippen LogP contribution in [0.25, 0.3) is 0 Å². The second-order valence-corrected chi connectivity index (χ2v) is 11.7. The van der Waals surface area contributed by atoms with Crippen molar-refractivity contribution >= 4 is 25.0 Å². The normalized spacial score (nSPS) is 10.4. The van der Waals surface area contributed by atoms with E-state index < -0.39 is 21.8 Å². The van der Waals surface area contributed by atoms with Crippen LogP contribution in [0.3, 0.4) is 0 Å². The van der Waals surface area contributed by atoms with E-state index in [4.69, 9.17) is 0 Å². The summed E-state index contributed by atoms with van der Waals surface area (Å²) in [4.78, 5) is 0. The molecule has 0 bridgehead atoms. The quantitative estimate of drug-likeness (QED) is 0.691. The molecule has 0 atom stereocenters. The van der Waals surface area contributed by atoms with E-state index >= 15 is 0 Å². The van der Waals surface area contributed by atoms with E-state index in [0.29, 0.717) is 0 Å². The Kier molecular flexibility index (Phi) is 2.86. The molecule has 0 saturated heterocycles. The molecule has 0 fully saturated rings. The molecule has 0 saturated carbocycles. The molecule has 1 heteroatoms. The van der Waals surface area contributed by atoms with E-state index in [2.05, 4.69) is 40.5 Å². The van der Waals surface area contributed by atoms with Gasteiger partial charge in [-0.2, -0.15) is 0 Å². The molecule has 1 aromatic carbocycles. The molecule has 0 aliphatic carbocycles. The van der Waals surface area contributed by atoms with Gasteiger partial charge in [0.1, 0.15) is 0 Å². The van der Waals surface area contributed by atoms with E-state index in [0.717, 1.165) is 0 Å². The van der Waals surface area contributed by atoms with Crippen LogP contribution in [0.1, 0.15) is 5.56 Å². The molecule has 0 aromatic heterocycles. The van der Waals surface area contributed by atoms with E-state index in [9.17, 15) is 0 Å². The Morgan fingerprint density at radius 2 is 1.50 bits per heavy atom. The van der Waals surface area contributed by atoms with Crippen molar-refractivity contribution in [3.8, 4) is 0 Å². The molecule has 0 aliphatic heterocycles. The first kappa shape index (κ1) is 8.20. The van der Waals surface area contributed by atoms with Crippen LogP contribution in [-0.2, 0) is 0 Å². The summed E-state index contributed by atoms with van der Waals surface area (Å²) in [6, 6.07) is 9.00. The molecule has 0 heterocycles. The van der Waals surface area contributed by atoms with Gasteiger partial charge in [0.05, 0.1) is 0 Å². The molecule has 0 spiro atoms. The van der Waals surface area contributed by atoms with Crippen molar-refractivity contribution in [1.82, 2.24) is 0 Å². The van der Waals surface area contributed by atoms with Gasteiger partial charge in [0.15, 0.2) is 0 Å². The Morgan fingerprint density at radius 3 is 1.90 bits per heavy atom. The molecule has 1 aromatic rings. The summed E-state index contributed by atoms with van der Waals surface area (Å²) in [5.74, 6) is 0. The van der Waals surface area contributed by atoms with Gasteiger partial charge in [-0.25, -0.2) is 0 Å². The molecule has 0 radical (unpaired) electrons. The Morgan fingerprint density at radius 1 is 1.00 bits per heavy atom. The number of hydrogen-bond acceptors (Lipinski definition) is 0. The Bertz CT molecular complexity index is 198. The van der Waals surface area contributed by atoms with Crippen LogP contribution in [0.4, 0.5) is 0 Å². The average molecular weight is 330 g/mol. The van der Waals surface area contributed by atoms with Crippen molar-refractivity contribution in [2.75, 3.05) is 0 Å². The predicted octanol–water partition coefficient (Wildman–Crippen LogP) is 1.96. The Balaban J connectivity index is 2.89. The van der Waals surface area contributed by atoms with Crippen molar-refractivity contribution in [2.45, 2.75) is 16.2 Å². The van der Waals surface area contributed by atoms with Crippen LogP contribution in [0.15, 0.2) is 24.3 Å². The summed E-state index contributed by atoms with van der Waals surface area (Å²) >= 11 is -1.11. The van der Waals surface area contributed by atoms with Crippen molar-refractivity contribution in [2.24, 2.45) is 0 Å². The fraction of sp³-hybridized carbons (Fsp3) is 0.333. The van der Waals surface area contributed by atoms with Crippen LogP contribution in [0, 0.1) is 6.92 Å². The number of hydrogen-bond donors (Lipinski definition) is 0. The summed E-state index contributed by atoms with van der Waals surface area (Å²) in [7, 11) is 0. The second kappa shape index (κ2) is 3.48. The standard InChI is InChI=1S/C7H7.2CH3.Bi/c1-7-5-3-2-4-6-7;;;/h3-6H,1H3;2*1H3;. The van der Waals surface area contributed by atoms with Crippen LogP contribution in [0.5, 0.6) is 0 Å². The monoisotopic (exact) mass is 330 g/mol. The van der Waals surface area contributed by atoms with Crippen LogP contribution >= 0.6 is 0 Å². The van der Waals surface area contributed by atoms with Gasteiger partial charge in [-0.3, -0.25) is 0 Å². The minimum atomic E-state index is -1.11. The molecule has 0 amide bonds. The first-order valence-corrected chi connectivity index (χ1v) is 12.1. The molecule has 0 unspecified atom stereocenters. The fourth-order valence-electron chi connectivity index (χ4n) is 0.843. The molecule has 1 rings (SSSR count). The minimum absolute atomic E-state index is 1.11. The van der Waals surface area contributed by atoms with E-state index in [1.165, 1.54) is 5.56 Å². The zero-order valence-corrected chi connectivity index (χ0v) is 10.2. The zero-order chi connectivity index (χ0) is 7.56. The van der Waals surface area contributed by atoms with Gasteiger partial charge < -0.3 is 0 Å². The third-order valence-corrected chi connectivity index (χ3v) is 6.72. The summed E-state index contributed by atoms with van der Waals surface area (Å²) in [6.07, 6.45) is 0. The molecule has 0 nitrogen and oxygen atoms in total. The fourth-order valence-corrected chi connectivity index (χ4v) is 3.74. The first-order valence-electron chi connectivity index (χ1n) is 3.44. The third-order valence-electron chi connectivity index (χ3n) is 1.55. The Labute approximate surface area is 70.9 Å². The summed E-state index contributed by atoms with van der Waals surface area (Å²) in [5, 5.41) is 0. The predicted molar refractivity (Wildman–Crippen MR) is 48.3 cm³/mol. The topological polar surface area (TPSA) is 0 Å².